The zero-order chi connectivity index (χ0) is 15.2. The number of aryl methyl sites for hydroxylation is 1. The monoisotopic (exact) mass is 302 g/mol. The second-order valence-electron chi connectivity index (χ2n) is 4.38. The van der Waals surface area contributed by atoms with Gasteiger partial charge in [-0.05, 0) is 37.5 Å². The summed E-state index contributed by atoms with van der Waals surface area (Å²) < 4.78 is 31.5. The van der Waals surface area contributed by atoms with Crippen molar-refractivity contribution >= 4 is 16.1 Å². The first-order valence-corrected chi connectivity index (χ1v) is 7.92. The van der Waals surface area contributed by atoms with Crippen LogP contribution < -0.4 is 4.74 Å². The number of ether oxygens (including phenoxy) is 1. The Balaban J connectivity index is 2.49. The minimum absolute atomic E-state index is 0.120. The molecular weight excluding hydrogens is 284 g/mol. The lowest BCUT2D eigenvalue weighted by Crippen LogP contribution is -2.22. The number of carboxylic acids is 1. The predicted octanol–water partition coefficient (Wildman–Crippen LogP) is 1.45. The van der Waals surface area contributed by atoms with Crippen molar-refractivity contribution in [2.75, 3.05) is 12.9 Å². The second-order valence-corrected chi connectivity index (χ2v) is 6.02. The van der Waals surface area contributed by atoms with Crippen molar-refractivity contribution in [1.82, 2.24) is 0 Å². The Morgan fingerprint density at radius 2 is 2.10 bits per heavy atom. The first-order valence-electron chi connectivity index (χ1n) is 6.11. The van der Waals surface area contributed by atoms with Crippen LogP contribution in [0.5, 0.6) is 5.75 Å². The first-order chi connectivity index (χ1) is 9.28. The Hall–Kier alpha value is -1.60. The van der Waals surface area contributed by atoms with Crippen LogP contribution in [0.2, 0.25) is 0 Å². The van der Waals surface area contributed by atoms with E-state index in [0.717, 1.165) is 11.8 Å². The minimum Gasteiger partial charge on any atom is -0.479 e. The van der Waals surface area contributed by atoms with E-state index in [1.54, 1.807) is 18.2 Å². The Labute approximate surface area is 118 Å². The first kappa shape index (κ1) is 16.5. The molecule has 0 aliphatic heterocycles. The van der Waals surface area contributed by atoms with E-state index in [0.29, 0.717) is 18.6 Å². The Kier molecular flexibility index (Phi) is 5.97. The maximum atomic E-state index is 10.8. The quantitative estimate of drug-likeness (QED) is 0.577. The molecule has 0 amide bonds. The van der Waals surface area contributed by atoms with Crippen LogP contribution in [0.3, 0.4) is 0 Å². The smallest absolute Gasteiger partial charge is 0.344 e. The van der Waals surface area contributed by atoms with Crippen molar-refractivity contribution < 1.29 is 27.2 Å². The molecule has 0 heterocycles. The van der Waals surface area contributed by atoms with Crippen molar-refractivity contribution in [2.24, 2.45) is 0 Å². The summed E-state index contributed by atoms with van der Waals surface area (Å²) in [7, 11) is -3.40. The van der Waals surface area contributed by atoms with E-state index in [9.17, 15) is 13.2 Å². The molecule has 0 bridgehead atoms. The van der Waals surface area contributed by atoms with Gasteiger partial charge in [0, 0.05) is 0 Å². The van der Waals surface area contributed by atoms with Gasteiger partial charge < -0.3 is 9.84 Å². The number of hydrogen-bond donors (Lipinski definition) is 1. The molecule has 1 atom stereocenters. The summed E-state index contributed by atoms with van der Waals surface area (Å²) in [6.45, 7) is 1.57. The lowest BCUT2D eigenvalue weighted by atomic mass is 10.1. The van der Waals surface area contributed by atoms with Crippen molar-refractivity contribution in [3.05, 3.63) is 29.8 Å². The standard InChI is InChI=1S/C13H18O6S/c1-10(13(14)15)19-12-7-3-5-11(9-12)6-4-8-18-20(2,16)17/h3,5,7,9-10H,4,6,8H2,1-2H3,(H,14,15). The SMILES string of the molecule is CC(Oc1cccc(CCCOS(C)(=O)=O)c1)C(=O)O. The third-order valence-corrected chi connectivity index (χ3v) is 3.06. The molecule has 0 saturated carbocycles. The van der Waals surface area contributed by atoms with Crippen LogP contribution in [0.15, 0.2) is 24.3 Å². The van der Waals surface area contributed by atoms with Gasteiger partial charge in [-0.1, -0.05) is 12.1 Å². The number of aliphatic carboxylic acids is 1. The van der Waals surface area contributed by atoms with E-state index < -0.39 is 22.2 Å². The fourth-order valence-electron chi connectivity index (χ4n) is 1.52. The maximum Gasteiger partial charge on any atom is 0.344 e. The summed E-state index contributed by atoms with van der Waals surface area (Å²) in [5.74, 6) is -0.557. The van der Waals surface area contributed by atoms with E-state index >= 15 is 0 Å². The maximum absolute atomic E-state index is 10.8. The highest BCUT2D eigenvalue weighted by Crippen LogP contribution is 2.16. The highest BCUT2D eigenvalue weighted by atomic mass is 32.2. The summed E-state index contributed by atoms with van der Waals surface area (Å²) in [6.07, 6.45) is 1.26. The van der Waals surface area contributed by atoms with Gasteiger partial charge in [0.15, 0.2) is 6.10 Å². The highest BCUT2D eigenvalue weighted by Gasteiger charge is 2.12. The van der Waals surface area contributed by atoms with E-state index in [1.807, 2.05) is 6.07 Å². The Morgan fingerprint density at radius 1 is 1.40 bits per heavy atom. The normalized spacial score (nSPS) is 12.9. The molecule has 0 radical (unpaired) electrons. The minimum atomic E-state index is -3.40. The lowest BCUT2D eigenvalue weighted by Gasteiger charge is -2.11. The average Bonchev–Trinajstić information content (AvgIpc) is 2.34. The number of carboxylic acid groups (broad SMARTS) is 1. The number of carbonyl (C=O) groups is 1. The van der Waals surface area contributed by atoms with Gasteiger partial charge >= 0.3 is 5.97 Å². The van der Waals surface area contributed by atoms with Gasteiger partial charge in [0.25, 0.3) is 10.1 Å². The molecule has 1 rings (SSSR count). The molecule has 7 heteroatoms. The highest BCUT2D eigenvalue weighted by molar-refractivity contribution is 7.85. The lowest BCUT2D eigenvalue weighted by molar-refractivity contribution is -0.144. The second kappa shape index (κ2) is 7.25. The fourth-order valence-corrected chi connectivity index (χ4v) is 1.94. The van der Waals surface area contributed by atoms with Crippen molar-refractivity contribution in [3.63, 3.8) is 0 Å². The summed E-state index contributed by atoms with van der Waals surface area (Å²) in [6, 6.07) is 7.03. The van der Waals surface area contributed by atoms with Gasteiger partial charge in [-0.15, -0.1) is 0 Å². The Bertz CT molecular complexity index is 552. The third kappa shape index (κ3) is 6.53. The van der Waals surface area contributed by atoms with Gasteiger partial charge in [0.1, 0.15) is 5.75 Å². The van der Waals surface area contributed by atoms with Gasteiger partial charge in [-0.2, -0.15) is 8.42 Å². The Morgan fingerprint density at radius 3 is 2.70 bits per heavy atom. The van der Waals surface area contributed by atoms with Crippen LogP contribution in [0, 0.1) is 0 Å². The van der Waals surface area contributed by atoms with E-state index in [4.69, 9.17) is 9.84 Å². The molecule has 20 heavy (non-hydrogen) atoms. The van der Waals surface area contributed by atoms with Crippen molar-refractivity contribution in [1.29, 1.82) is 0 Å². The third-order valence-electron chi connectivity index (χ3n) is 2.47. The molecule has 0 fully saturated rings. The van der Waals surface area contributed by atoms with Crippen LogP contribution in [-0.2, 0) is 25.5 Å². The molecule has 0 saturated heterocycles. The molecule has 1 N–H and O–H groups in total. The van der Waals surface area contributed by atoms with Crippen LogP contribution >= 0.6 is 0 Å². The van der Waals surface area contributed by atoms with E-state index in [1.165, 1.54) is 6.92 Å². The van der Waals surface area contributed by atoms with Gasteiger partial charge in [-0.25, -0.2) is 4.79 Å². The number of rotatable bonds is 8. The summed E-state index contributed by atoms with van der Waals surface area (Å²) in [5.41, 5.74) is 0.928. The molecule has 0 aliphatic rings. The van der Waals surface area contributed by atoms with Gasteiger partial charge in [0.2, 0.25) is 0 Å². The van der Waals surface area contributed by atoms with E-state index in [-0.39, 0.29) is 6.61 Å². The zero-order valence-corrected chi connectivity index (χ0v) is 12.2. The van der Waals surface area contributed by atoms with Crippen LogP contribution in [0.4, 0.5) is 0 Å². The number of hydrogen-bond acceptors (Lipinski definition) is 5. The van der Waals surface area contributed by atoms with Gasteiger partial charge in [0.05, 0.1) is 12.9 Å². The molecule has 1 aromatic carbocycles. The fraction of sp³-hybridized carbons (Fsp3) is 0.462. The molecule has 1 aromatic rings. The van der Waals surface area contributed by atoms with Crippen molar-refractivity contribution in [2.45, 2.75) is 25.9 Å². The molecule has 112 valence electrons. The van der Waals surface area contributed by atoms with E-state index in [2.05, 4.69) is 4.18 Å². The topological polar surface area (TPSA) is 89.9 Å². The molecular formula is C13H18O6S. The largest absolute Gasteiger partial charge is 0.479 e. The molecule has 1 unspecified atom stereocenters. The van der Waals surface area contributed by atoms with Crippen LogP contribution in [-0.4, -0.2) is 38.5 Å². The van der Waals surface area contributed by atoms with Crippen molar-refractivity contribution in [3.8, 4) is 5.75 Å². The van der Waals surface area contributed by atoms with Crippen LogP contribution in [0.1, 0.15) is 18.9 Å². The predicted molar refractivity (Wildman–Crippen MR) is 73.3 cm³/mol. The average molecular weight is 302 g/mol. The zero-order valence-electron chi connectivity index (χ0n) is 11.4. The molecule has 6 nitrogen and oxygen atoms in total. The number of benzene rings is 1. The summed E-state index contributed by atoms with van der Waals surface area (Å²) in [5, 5.41) is 8.76. The summed E-state index contributed by atoms with van der Waals surface area (Å²) in [4.78, 5) is 10.7. The molecule has 0 aliphatic carbocycles. The molecule has 0 spiro atoms. The van der Waals surface area contributed by atoms with Crippen LogP contribution in [0.25, 0.3) is 0 Å². The van der Waals surface area contributed by atoms with Gasteiger partial charge in [-0.3, -0.25) is 4.18 Å². The summed E-state index contributed by atoms with van der Waals surface area (Å²) >= 11 is 0. The molecule has 0 aromatic heterocycles.